The molecule has 7 nitrogen and oxygen atoms in total. The van der Waals surface area contributed by atoms with E-state index in [0.717, 1.165) is 5.56 Å². The number of halogens is 1. The number of nitrogens with one attached hydrogen (secondary N) is 2. The Bertz CT molecular complexity index is 963. The van der Waals surface area contributed by atoms with Gasteiger partial charge in [-0.05, 0) is 18.2 Å². The van der Waals surface area contributed by atoms with E-state index in [4.69, 9.17) is 21.1 Å². The minimum Gasteiger partial charge on any atom is -0.495 e. The first-order valence-electron chi connectivity index (χ1n) is 7.89. The summed E-state index contributed by atoms with van der Waals surface area (Å²) < 4.78 is 10.6. The number of pyridine rings is 1. The summed E-state index contributed by atoms with van der Waals surface area (Å²) in [4.78, 5) is 21.4. The van der Waals surface area contributed by atoms with Crippen LogP contribution in [0.3, 0.4) is 0 Å². The average molecular weight is 405 g/mol. The molecule has 0 saturated carbocycles. The van der Waals surface area contributed by atoms with Crippen molar-refractivity contribution in [1.29, 1.82) is 0 Å². The fraction of sp³-hybridized carbons (Fsp3) is 0.167. The summed E-state index contributed by atoms with van der Waals surface area (Å²) in [6, 6.07) is 6.97. The number of rotatable bonds is 6. The van der Waals surface area contributed by atoms with E-state index in [9.17, 15) is 4.79 Å². The number of ether oxygens (including phenoxy) is 2. The van der Waals surface area contributed by atoms with Crippen molar-refractivity contribution in [3.63, 3.8) is 0 Å². The highest BCUT2D eigenvalue weighted by Gasteiger charge is 2.20. The van der Waals surface area contributed by atoms with Crippen molar-refractivity contribution in [1.82, 2.24) is 15.3 Å². The number of hydrogen-bond donors (Lipinski definition) is 2. The van der Waals surface area contributed by atoms with Gasteiger partial charge in [0.15, 0.2) is 5.13 Å². The molecule has 2 aromatic heterocycles. The van der Waals surface area contributed by atoms with Crippen molar-refractivity contribution in [2.24, 2.45) is 0 Å². The molecule has 2 heterocycles. The molecule has 0 aliphatic carbocycles. The number of nitrogens with zero attached hydrogens (tertiary/aromatic N) is 2. The molecule has 0 unspecified atom stereocenters. The number of anilines is 2. The molecule has 0 fully saturated rings. The second-order valence-electron chi connectivity index (χ2n) is 5.32. The molecule has 0 bridgehead atoms. The maximum atomic E-state index is 12.3. The van der Waals surface area contributed by atoms with Crippen molar-refractivity contribution in [2.45, 2.75) is 0 Å². The number of benzene rings is 1. The molecule has 0 spiro atoms. The van der Waals surface area contributed by atoms with E-state index in [1.807, 2.05) is 0 Å². The number of amides is 1. The maximum Gasteiger partial charge on any atom is 0.263 e. The summed E-state index contributed by atoms with van der Waals surface area (Å²) in [5.41, 5.74) is 1.98. The summed E-state index contributed by atoms with van der Waals surface area (Å²) in [5.74, 6) is 0.826. The Kier molecular flexibility index (Phi) is 5.78. The minimum atomic E-state index is -0.216. The molecule has 3 aromatic rings. The number of carbonyl (C=O) groups excluding carboxylic acids is 1. The third-order valence-corrected chi connectivity index (χ3v) is 4.99. The van der Waals surface area contributed by atoms with E-state index in [1.165, 1.54) is 18.4 Å². The van der Waals surface area contributed by atoms with E-state index in [2.05, 4.69) is 20.6 Å². The fourth-order valence-corrected chi connectivity index (χ4v) is 3.61. The van der Waals surface area contributed by atoms with Gasteiger partial charge in [0.2, 0.25) is 0 Å². The number of thiazole rings is 1. The summed E-state index contributed by atoms with van der Waals surface area (Å²) in [6.07, 6.45) is 3.31. The molecule has 140 valence electrons. The van der Waals surface area contributed by atoms with Crippen molar-refractivity contribution in [3.05, 3.63) is 46.6 Å². The third-order valence-electron chi connectivity index (χ3n) is 3.73. The van der Waals surface area contributed by atoms with Gasteiger partial charge in [-0.3, -0.25) is 9.78 Å². The Balaban J connectivity index is 2.03. The lowest BCUT2D eigenvalue weighted by Gasteiger charge is -2.12. The topological polar surface area (TPSA) is 85.4 Å². The van der Waals surface area contributed by atoms with Crippen molar-refractivity contribution >= 4 is 39.7 Å². The van der Waals surface area contributed by atoms with Gasteiger partial charge < -0.3 is 20.1 Å². The first-order chi connectivity index (χ1) is 13.1. The Morgan fingerprint density at radius 2 is 1.85 bits per heavy atom. The molecule has 0 atom stereocenters. The normalized spacial score (nSPS) is 10.4. The molecular weight excluding hydrogens is 388 g/mol. The molecule has 0 radical (unpaired) electrons. The Labute approximate surface area is 165 Å². The lowest BCUT2D eigenvalue weighted by molar-refractivity contribution is 0.0967. The van der Waals surface area contributed by atoms with Gasteiger partial charge in [0.25, 0.3) is 5.91 Å². The Morgan fingerprint density at radius 3 is 2.48 bits per heavy atom. The van der Waals surface area contributed by atoms with Gasteiger partial charge >= 0.3 is 0 Å². The van der Waals surface area contributed by atoms with Crippen LogP contribution < -0.4 is 20.1 Å². The first kappa shape index (κ1) is 18.9. The Hall–Kier alpha value is -2.84. The molecule has 9 heteroatoms. The van der Waals surface area contributed by atoms with E-state index in [-0.39, 0.29) is 5.91 Å². The van der Waals surface area contributed by atoms with Crippen molar-refractivity contribution in [3.8, 4) is 22.8 Å². The van der Waals surface area contributed by atoms with Crippen LogP contribution in [-0.4, -0.2) is 37.1 Å². The van der Waals surface area contributed by atoms with E-state index in [1.54, 1.807) is 50.8 Å². The smallest absolute Gasteiger partial charge is 0.263 e. The van der Waals surface area contributed by atoms with Crippen LogP contribution in [0.15, 0.2) is 36.7 Å². The van der Waals surface area contributed by atoms with E-state index >= 15 is 0 Å². The van der Waals surface area contributed by atoms with Crippen molar-refractivity contribution in [2.75, 3.05) is 26.6 Å². The zero-order valence-electron chi connectivity index (χ0n) is 14.9. The lowest BCUT2D eigenvalue weighted by Crippen LogP contribution is -2.17. The molecule has 3 rings (SSSR count). The molecule has 0 saturated heterocycles. The van der Waals surface area contributed by atoms with E-state index in [0.29, 0.717) is 37.9 Å². The number of hydrogen-bond acceptors (Lipinski definition) is 7. The van der Waals surface area contributed by atoms with Gasteiger partial charge in [0.05, 0.1) is 30.6 Å². The number of carbonyl (C=O) groups is 1. The lowest BCUT2D eigenvalue weighted by atomic mass is 10.2. The molecule has 0 aliphatic heterocycles. The average Bonchev–Trinajstić information content (AvgIpc) is 3.12. The summed E-state index contributed by atoms with van der Waals surface area (Å²) in [7, 11) is 4.66. The van der Waals surface area contributed by atoms with E-state index < -0.39 is 0 Å². The number of aromatic nitrogens is 2. The SMILES string of the molecule is CNC(=O)c1sc(Nc2cc(Cl)c(OC)cc2OC)nc1-c1ccncc1. The standard InChI is InChI=1S/C18H17ClN4O3S/c1-20-17(24)16-15(10-4-6-21-7-5-10)23-18(27-16)22-12-8-11(19)13(25-2)9-14(12)26-3/h4-9H,1-3H3,(H,20,24)(H,22,23). The second-order valence-corrected chi connectivity index (χ2v) is 6.73. The minimum absolute atomic E-state index is 0.216. The largest absolute Gasteiger partial charge is 0.495 e. The highest BCUT2D eigenvalue weighted by atomic mass is 35.5. The van der Waals surface area contributed by atoms with Crippen LogP contribution in [0.2, 0.25) is 5.02 Å². The van der Waals surface area contributed by atoms with Crippen molar-refractivity contribution < 1.29 is 14.3 Å². The van der Waals surface area contributed by atoms with Gasteiger partial charge in [-0.25, -0.2) is 4.98 Å². The van der Waals surface area contributed by atoms with Gasteiger partial charge in [-0.15, -0.1) is 0 Å². The van der Waals surface area contributed by atoms with Crippen LogP contribution in [0, 0.1) is 0 Å². The molecule has 1 amide bonds. The van der Waals surface area contributed by atoms with Gasteiger partial charge in [-0.1, -0.05) is 22.9 Å². The van der Waals surface area contributed by atoms with Gasteiger partial charge in [0.1, 0.15) is 16.4 Å². The Morgan fingerprint density at radius 1 is 1.15 bits per heavy atom. The highest BCUT2D eigenvalue weighted by molar-refractivity contribution is 7.18. The van der Waals surface area contributed by atoms with Crippen LogP contribution in [-0.2, 0) is 0 Å². The maximum absolute atomic E-state index is 12.3. The quantitative estimate of drug-likeness (QED) is 0.646. The molecule has 1 aromatic carbocycles. The molecular formula is C18H17ClN4O3S. The monoisotopic (exact) mass is 404 g/mol. The summed E-state index contributed by atoms with van der Waals surface area (Å²) >= 11 is 7.45. The zero-order valence-corrected chi connectivity index (χ0v) is 16.4. The summed E-state index contributed by atoms with van der Waals surface area (Å²) in [6.45, 7) is 0. The van der Waals surface area contributed by atoms with Crippen LogP contribution in [0.5, 0.6) is 11.5 Å². The first-order valence-corrected chi connectivity index (χ1v) is 9.08. The van der Waals surface area contributed by atoms with Crippen LogP contribution in [0.25, 0.3) is 11.3 Å². The second kappa shape index (κ2) is 8.24. The zero-order chi connectivity index (χ0) is 19.4. The van der Waals surface area contributed by atoms with Gasteiger partial charge in [0, 0.05) is 31.1 Å². The predicted octanol–water partition coefficient (Wildman–Crippen LogP) is 3.98. The number of methoxy groups -OCH3 is 2. The molecule has 0 aliphatic rings. The molecule has 2 N–H and O–H groups in total. The summed E-state index contributed by atoms with van der Waals surface area (Å²) in [5, 5.41) is 6.77. The molecule has 27 heavy (non-hydrogen) atoms. The third kappa shape index (κ3) is 3.96. The van der Waals surface area contributed by atoms with Crippen LogP contribution in [0.1, 0.15) is 9.67 Å². The fourth-order valence-electron chi connectivity index (χ4n) is 2.42. The van der Waals surface area contributed by atoms with Gasteiger partial charge in [-0.2, -0.15) is 0 Å². The predicted molar refractivity (Wildman–Crippen MR) is 107 cm³/mol. The highest BCUT2D eigenvalue weighted by Crippen LogP contribution is 2.39. The van der Waals surface area contributed by atoms with Crippen LogP contribution in [0.4, 0.5) is 10.8 Å². The van der Waals surface area contributed by atoms with Crippen LogP contribution >= 0.6 is 22.9 Å².